The summed E-state index contributed by atoms with van der Waals surface area (Å²) in [6, 6.07) is 20.2. The van der Waals surface area contributed by atoms with E-state index in [2.05, 4.69) is 35.2 Å². The highest BCUT2D eigenvalue weighted by atomic mass is 16.5. The van der Waals surface area contributed by atoms with Crippen LogP contribution in [0, 0.1) is 23.7 Å². The second kappa shape index (κ2) is 17.0. The molecule has 2 heterocycles. The van der Waals surface area contributed by atoms with E-state index >= 15 is 0 Å². The number of piperazine rings is 1. The van der Waals surface area contributed by atoms with Crippen molar-refractivity contribution < 1.29 is 39.8 Å². The zero-order valence-electron chi connectivity index (χ0n) is 30.1. The Kier molecular flexibility index (Phi) is 12.7. The van der Waals surface area contributed by atoms with Gasteiger partial charge in [0.2, 0.25) is 23.6 Å². The third-order valence-corrected chi connectivity index (χ3v) is 11.2. The lowest BCUT2D eigenvalue weighted by Gasteiger charge is -2.42. The van der Waals surface area contributed by atoms with E-state index in [1.165, 1.54) is 11.1 Å². The Hall–Kier alpha value is -4.30. The second-order valence-corrected chi connectivity index (χ2v) is 15.1. The number of hydrogen-bond donors (Lipinski definition) is 6. The van der Waals surface area contributed by atoms with Gasteiger partial charge in [-0.15, -0.1) is 0 Å². The van der Waals surface area contributed by atoms with Crippen LogP contribution in [0.25, 0.3) is 5.57 Å². The molecule has 6 N–H and O–H groups in total. The van der Waals surface area contributed by atoms with Gasteiger partial charge in [0.15, 0.2) is 0 Å². The minimum atomic E-state index is -0.990. The summed E-state index contributed by atoms with van der Waals surface area (Å²) in [7, 11) is 0. The molecule has 2 saturated carbocycles. The van der Waals surface area contributed by atoms with Crippen molar-refractivity contribution in [3.63, 3.8) is 0 Å². The molecular weight excluding hydrogens is 666 g/mol. The van der Waals surface area contributed by atoms with Gasteiger partial charge in [0.25, 0.3) is 0 Å². The van der Waals surface area contributed by atoms with Gasteiger partial charge in [-0.25, -0.2) is 11.0 Å². The van der Waals surface area contributed by atoms with Gasteiger partial charge in [-0.3, -0.25) is 29.6 Å². The highest BCUT2D eigenvalue weighted by molar-refractivity contribution is 5.89. The molecule has 2 aliphatic carbocycles. The molecular formula is C39H53N5O8. The summed E-state index contributed by atoms with van der Waals surface area (Å²) in [6.07, 6.45) is 5.03. The van der Waals surface area contributed by atoms with Crippen molar-refractivity contribution >= 4 is 34.9 Å². The molecule has 2 aliphatic heterocycles. The standard InChI is InChI=1S/C20H26N2O4.C19H27N3O4/c1-20(25)10-7-16(17(13-20)18(23)21-26)19(24)22-11-8-15(9-12-22)14-5-3-2-4-6-14;1-19(25)8-7-15(16(13-19)17(23)20-26)18(24)22-11-9-21(10-12-22)14-5-3-2-4-6-14/h2-6,8,16-17,25-26H,7,9-13H2,1H3,(H,21,23);2-6,15-16,25-26H,7-13H2,1H3,(H,20,23)/t16-,17-,20-;15-,16-,19+/m00/s1. The number of rotatable bonds is 6. The summed E-state index contributed by atoms with van der Waals surface area (Å²) in [5, 5.41) is 38.6. The topological polar surface area (TPSA) is 183 Å². The lowest BCUT2D eigenvalue weighted by molar-refractivity contribution is -0.152. The average Bonchev–Trinajstić information content (AvgIpc) is 3.17. The van der Waals surface area contributed by atoms with Gasteiger partial charge in [0, 0.05) is 45.0 Å². The third kappa shape index (κ3) is 9.57. The van der Waals surface area contributed by atoms with E-state index in [0.717, 1.165) is 25.2 Å². The Balaban J connectivity index is 0.000000201. The van der Waals surface area contributed by atoms with Gasteiger partial charge in [0.1, 0.15) is 0 Å². The van der Waals surface area contributed by atoms with Crippen LogP contribution in [0.3, 0.4) is 0 Å². The summed E-state index contributed by atoms with van der Waals surface area (Å²) < 4.78 is 0. The zero-order valence-corrected chi connectivity index (χ0v) is 30.1. The van der Waals surface area contributed by atoms with E-state index in [-0.39, 0.29) is 24.7 Å². The van der Waals surface area contributed by atoms with Crippen LogP contribution in [0.4, 0.5) is 5.69 Å². The summed E-state index contributed by atoms with van der Waals surface area (Å²) in [6.45, 7) is 7.17. The summed E-state index contributed by atoms with van der Waals surface area (Å²) >= 11 is 0. The Bertz CT molecular complexity index is 1580. The molecule has 0 unspecified atom stereocenters. The first-order valence-corrected chi connectivity index (χ1v) is 18.3. The Labute approximate surface area is 305 Å². The summed E-state index contributed by atoms with van der Waals surface area (Å²) in [5.41, 5.74) is 4.88. The molecule has 1 saturated heterocycles. The highest BCUT2D eigenvalue weighted by Crippen LogP contribution is 2.39. The van der Waals surface area contributed by atoms with Crippen molar-refractivity contribution in [3.8, 4) is 0 Å². The van der Waals surface area contributed by atoms with Gasteiger partial charge in [-0.05, 0) is 82.1 Å². The van der Waals surface area contributed by atoms with E-state index in [9.17, 15) is 29.4 Å². The number of hydrogen-bond acceptors (Lipinski definition) is 9. The minimum Gasteiger partial charge on any atom is -0.390 e. The molecule has 0 spiro atoms. The largest absolute Gasteiger partial charge is 0.390 e. The number of nitrogens with one attached hydrogen (secondary N) is 2. The van der Waals surface area contributed by atoms with Crippen LogP contribution < -0.4 is 15.9 Å². The normalized spacial score (nSPS) is 29.2. The van der Waals surface area contributed by atoms with Gasteiger partial charge >= 0.3 is 0 Å². The fourth-order valence-electron chi connectivity index (χ4n) is 8.16. The van der Waals surface area contributed by atoms with Crippen LogP contribution in [0.15, 0.2) is 66.7 Å². The number of benzene rings is 2. The van der Waals surface area contributed by atoms with Gasteiger partial charge in [-0.1, -0.05) is 54.6 Å². The van der Waals surface area contributed by atoms with E-state index in [0.29, 0.717) is 51.9 Å². The fourth-order valence-corrected chi connectivity index (χ4v) is 8.16. The number of aliphatic hydroxyl groups is 2. The van der Waals surface area contributed by atoms with E-state index in [1.54, 1.807) is 29.7 Å². The molecule has 4 amide bonds. The molecule has 0 aromatic heterocycles. The first kappa shape index (κ1) is 38.9. The van der Waals surface area contributed by atoms with E-state index < -0.39 is 46.7 Å². The van der Waals surface area contributed by atoms with Crippen molar-refractivity contribution in [2.24, 2.45) is 23.7 Å². The number of anilines is 1. The van der Waals surface area contributed by atoms with Gasteiger partial charge in [0.05, 0.1) is 34.9 Å². The van der Waals surface area contributed by atoms with Crippen molar-refractivity contribution in [3.05, 3.63) is 72.3 Å². The maximum Gasteiger partial charge on any atom is 0.247 e. The molecule has 52 heavy (non-hydrogen) atoms. The first-order valence-electron chi connectivity index (χ1n) is 18.3. The Morgan fingerprint density at radius 2 is 1.13 bits per heavy atom. The lowest BCUT2D eigenvalue weighted by Crippen LogP contribution is -2.54. The van der Waals surface area contributed by atoms with Crippen molar-refractivity contribution in [1.29, 1.82) is 0 Å². The first-order chi connectivity index (χ1) is 24.8. The maximum absolute atomic E-state index is 13.0. The second-order valence-electron chi connectivity index (χ2n) is 15.1. The molecule has 2 aromatic rings. The highest BCUT2D eigenvalue weighted by Gasteiger charge is 2.46. The minimum absolute atomic E-state index is 0.0539. The fraction of sp³-hybridized carbons (Fsp3) is 0.538. The predicted molar refractivity (Wildman–Crippen MR) is 194 cm³/mol. The van der Waals surface area contributed by atoms with Crippen LogP contribution in [0.1, 0.15) is 64.4 Å². The summed E-state index contributed by atoms with van der Waals surface area (Å²) in [5.74, 6) is -3.73. The number of hydroxylamine groups is 2. The van der Waals surface area contributed by atoms with Crippen molar-refractivity contribution in [2.75, 3.05) is 44.2 Å². The number of carbonyl (C=O) groups is 4. The SMILES string of the molecule is C[C@@]1(O)CC[C@H](C(=O)N2CCN(c3ccccc3)CC2)[C@@H](C(=O)NO)C1.C[C@]1(O)CC[C@H](C(=O)N2CC=C(c3ccccc3)CC2)[C@@H](C(=O)NO)C1. The molecule has 13 nitrogen and oxygen atoms in total. The zero-order chi connectivity index (χ0) is 37.5. The van der Waals surface area contributed by atoms with Crippen LogP contribution in [0.2, 0.25) is 0 Å². The van der Waals surface area contributed by atoms with Crippen LogP contribution in [0.5, 0.6) is 0 Å². The quantitative estimate of drug-likeness (QED) is 0.193. The molecule has 3 fully saturated rings. The van der Waals surface area contributed by atoms with E-state index in [1.807, 2.05) is 41.3 Å². The van der Waals surface area contributed by atoms with Crippen molar-refractivity contribution in [1.82, 2.24) is 20.8 Å². The van der Waals surface area contributed by atoms with Crippen LogP contribution in [-0.4, -0.2) is 105 Å². The molecule has 6 rings (SSSR count). The smallest absolute Gasteiger partial charge is 0.247 e. The molecule has 0 radical (unpaired) electrons. The molecule has 13 heteroatoms. The number of amides is 4. The van der Waals surface area contributed by atoms with Crippen LogP contribution in [-0.2, 0) is 19.2 Å². The number of para-hydroxylation sites is 1. The molecule has 2 aromatic carbocycles. The molecule has 6 atom stereocenters. The third-order valence-electron chi connectivity index (χ3n) is 11.2. The van der Waals surface area contributed by atoms with E-state index in [4.69, 9.17) is 10.4 Å². The Morgan fingerprint density at radius 3 is 1.60 bits per heavy atom. The lowest BCUT2D eigenvalue weighted by atomic mass is 9.71. The number of nitrogens with zero attached hydrogens (tertiary/aromatic N) is 3. The van der Waals surface area contributed by atoms with Crippen LogP contribution >= 0.6 is 0 Å². The van der Waals surface area contributed by atoms with Gasteiger partial charge in [-0.2, -0.15) is 0 Å². The number of carbonyl (C=O) groups excluding carboxylic acids is 4. The van der Waals surface area contributed by atoms with Gasteiger partial charge < -0.3 is 24.9 Å². The molecule has 4 aliphatic rings. The van der Waals surface area contributed by atoms with Crippen molar-refractivity contribution in [2.45, 2.75) is 70.0 Å². The average molecular weight is 720 g/mol. The molecule has 0 bridgehead atoms. The molecule has 282 valence electrons. The predicted octanol–water partition coefficient (Wildman–Crippen LogP) is 2.98. The summed E-state index contributed by atoms with van der Waals surface area (Å²) in [4.78, 5) is 55.9. The Morgan fingerprint density at radius 1 is 0.654 bits per heavy atom. The maximum atomic E-state index is 13.0. The monoisotopic (exact) mass is 719 g/mol.